The van der Waals surface area contributed by atoms with Gasteiger partial charge >= 0.3 is 0 Å². The van der Waals surface area contributed by atoms with E-state index in [1.807, 2.05) is 65.6 Å². The van der Waals surface area contributed by atoms with Crippen LogP contribution in [-0.2, 0) is 23.2 Å². The van der Waals surface area contributed by atoms with Crippen LogP contribution in [0.4, 0.5) is 5.69 Å². The van der Waals surface area contributed by atoms with Crippen LogP contribution in [0.5, 0.6) is 5.75 Å². The van der Waals surface area contributed by atoms with Gasteiger partial charge in [-0.05, 0) is 53.2 Å². The predicted octanol–water partition coefficient (Wildman–Crippen LogP) is 3.81. The zero-order valence-electron chi connectivity index (χ0n) is 17.6. The number of anilines is 1. The van der Waals surface area contributed by atoms with E-state index < -0.39 is 10.0 Å². The Labute approximate surface area is 196 Å². The third-order valence-corrected chi connectivity index (χ3v) is 7.67. The highest BCUT2D eigenvalue weighted by molar-refractivity contribution is 8.15. The van der Waals surface area contributed by atoms with Gasteiger partial charge in [0.2, 0.25) is 0 Å². The van der Waals surface area contributed by atoms with Gasteiger partial charge in [0.05, 0.1) is 11.4 Å². The number of fused-ring (bicyclic) bond motifs is 3. The first kappa shape index (κ1) is 21.5. The average Bonchev–Trinajstić information content (AvgIpc) is 3.18. The summed E-state index contributed by atoms with van der Waals surface area (Å²) in [4.78, 5) is 15.4. The van der Waals surface area contributed by atoms with Gasteiger partial charge < -0.3 is 15.0 Å². The predicted molar refractivity (Wildman–Crippen MR) is 129 cm³/mol. The van der Waals surface area contributed by atoms with Crippen LogP contribution < -0.4 is 15.0 Å². The van der Waals surface area contributed by atoms with Crippen LogP contribution in [-0.4, -0.2) is 31.8 Å². The molecule has 0 spiro atoms. The Balaban J connectivity index is 1.18. The molecule has 1 N–H and O–H groups in total. The van der Waals surface area contributed by atoms with E-state index >= 15 is 0 Å². The van der Waals surface area contributed by atoms with Gasteiger partial charge in [0.1, 0.15) is 12.4 Å². The fourth-order valence-electron chi connectivity index (χ4n) is 3.59. The number of sulfonamides is 1. The molecule has 3 aromatic carbocycles. The summed E-state index contributed by atoms with van der Waals surface area (Å²) in [6.07, 6.45) is 0. The van der Waals surface area contributed by atoms with Crippen molar-refractivity contribution in [3.05, 3.63) is 89.5 Å². The van der Waals surface area contributed by atoms with Gasteiger partial charge in [0.25, 0.3) is 15.9 Å². The average molecular weight is 480 g/mol. The van der Waals surface area contributed by atoms with Gasteiger partial charge in [-0.1, -0.05) is 42.5 Å². The van der Waals surface area contributed by atoms with E-state index in [0.29, 0.717) is 30.4 Å². The number of nitrogens with zero attached hydrogens (tertiary/aromatic N) is 2. The molecule has 0 aliphatic carbocycles. The molecule has 0 saturated carbocycles. The molecular weight excluding hydrogens is 458 g/mol. The normalized spacial score (nSPS) is 15.9. The summed E-state index contributed by atoms with van der Waals surface area (Å²) >= 11 is 1.28. The van der Waals surface area contributed by atoms with Crippen LogP contribution in [0.15, 0.2) is 82.1 Å². The monoisotopic (exact) mass is 479 g/mol. The van der Waals surface area contributed by atoms with E-state index in [2.05, 4.69) is 9.71 Å². The van der Waals surface area contributed by atoms with E-state index in [9.17, 15) is 13.2 Å². The van der Waals surface area contributed by atoms with E-state index in [4.69, 9.17) is 4.74 Å². The zero-order chi connectivity index (χ0) is 22.8. The van der Waals surface area contributed by atoms with Crippen LogP contribution in [0.1, 0.15) is 21.5 Å². The van der Waals surface area contributed by atoms with Gasteiger partial charge in [-0.3, -0.25) is 4.79 Å². The van der Waals surface area contributed by atoms with Gasteiger partial charge in [-0.25, -0.2) is 8.42 Å². The Hall–Kier alpha value is -3.30. The number of nitrogens with one attached hydrogen (secondary N) is 1. The maximum Gasteiger partial charge on any atom is 0.257 e. The lowest BCUT2D eigenvalue weighted by molar-refractivity contribution is 0.0950. The van der Waals surface area contributed by atoms with E-state index in [0.717, 1.165) is 27.5 Å². The standard InChI is InChI=1S/C24H21N3O4S2/c28-23(19-10-11-21-22(14-19)32-24-26-33(29,30)13-12-27(21)24)25-15-17-6-8-18(9-7-17)16-31-20-4-2-1-3-5-20/h1-11,14H,12-13,15-16H2,(H,25,28). The van der Waals surface area contributed by atoms with Crippen molar-refractivity contribution in [1.82, 2.24) is 5.32 Å². The molecule has 33 heavy (non-hydrogen) atoms. The first-order valence-electron chi connectivity index (χ1n) is 10.4. The Bertz CT molecular complexity index is 1320. The number of amides is 1. The Morgan fingerprint density at radius 2 is 1.79 bits per heavy atom. The van der Waals surface area contributed by atoms with Crippen molar-refractivity contribution >= 4 is 38.5 Å². The summed E-state index contributed by atoms with van der Waals surface area (Å²) in [5.74, 6) is 0.635. The van der Waals surface area contributed by atoms with Crippen molar-refractivity contribution in [2.45, 2.75) is 18.0 Å². The fourth-order valence-corrected chi connectivity index (χ4v) is 5.89. The molecule has 0 aromatic heterocycles. The molecule has 3 aromatic rings. The fraction of sp³-hybridized carbons (Fsp3) is 0.167. The number of ether oxygens (including phenoxy) is 1. The number of para-hydroxylation sites is 1. The molecule has 5 rings (SSSR count). The van der Waals surface area contributed by atoms with Gasteiger partial charge in [0, 0.05) is 23.5 Å². The summed E-state index contributed by atoms with van der Waals surface area (Å²) in [7, 11) is -3.40. The van der Waals surface area contributed by atoms with Crippen molar-refractivity contribution in [1.29, 1.82) is 0 Å². The van der Waals surface area contributed by atoms with Crippen LogP contribution in [0.25, 0.3) is 0 Å². The molecule has 0 atom stereocenters. The molecular formula is C24H21N3O4S2. The van der Waals surface area contributed by atoms with Crippen LogP contribution in [0.2, 0.25) is 0 Å². The van der Waals surface area contributed by atoms with Crippen molar-refractivity contribution in [2.75, 3.05) is 17.2 Å². The Morgan fingerprint density at radius 3 is 2.58 bits per heavy atom. The topological polar surface area (TPSA) is 88.1 Å². The largest absolute Gasteiger partial charge is 0.489 e. The van der Waals surface area contributed by atoms with Crippen LogP contribution >= 0.6 is 11.8 Å². The summed E-state index contributed by atoms with van der Waals surface area (Å²) in [5, 5.41) is 3.39. The number of hydrogen-bond donors (Lipinski definition) is 1. The summed E-state index contributed by atoms with van der Waals surface area (Å²) < 4.78 is 33.1. The lowest BCUT2D eigenvalue weighted by Crippen LogP contribution is -2.35. The number of benzene rings is 3. The van der Waals surface area contributed by atoms with Crippen molar-refractivity contribution in [3.63, 3.8) is 0 Å². The Morgan fingerprint density at radius 1 is 1.03 bits per heavy atom. The second-order valence-corrected chi connectivity index (χ2v) is 10.5. The van der Waals surface area contributed by atoms with Crippen LogP contribution in [0, 0.1) is 0 Å². The molecule has 0 fully saturated rings. The van der Waals surface area contributed by atoms with Gasteiger partial charge in [0.15, 0.2) is 5.17 Å². The van der Waals surface area contributed by atoms with Crippen molar-refractivity contribution in [3.8, 4) is 5.75 Å². The van der Waals surface area contributed by atoms with Gasteiger partial charge in [-0.15, -0.1) is 4.40 Å². The molecule has 0 saturated heterocycles. The third-order valence-electron chi connectivity index (χ3n) is 5.36. The molecule has 0 radical (unpaired) electrons. The maximum absolute atomic E-state index is 12.7. The molecule has 2 aliphatic rings. The summed E-state index contributed by atoms with van der Waals surface area (Å²) in [6, 6.07) is 23.0. The summed E-state index contributed by atoms with van der Waals surface area (Å²) in [5.41, 5.74) is 3.45. The Kier molecular flexibility index (Phi) is 5.82. The number of carbonyl (C=O) groups is 1. The minimum absolute atomic E-state index is 0.00406. The lowest BCUT2D eigenvalue weighted by atomic mass is 10.1. The van der Waals surface area contributed by atoms with Crippen molar-refractivity contribution < 1.29 is 17.9 Å². The third kappa shape index (κ3) is 4.89. The number of amidine groups is 1. The smallest absolute Gasteiger partial charge is 0.257 e. The zero-order valence-corrected chi connectivity index (χ0v) is 19.2. The lowest BCUT2D eigenvalue weighted by Gasteiger charge is -2.22. The molecule has 0 unspecified atom stereocenters. The van der Waals surface area contributed by atoms with Crippen LogP contribution in [0.3, 0.4) is 0 Å². The molecule has 7 nitrogen and oxygen atoms in total. The van der Waals surface area contributed by atoms with Crippen molar-refractivity contribution in [2.24, 2.45) is 4.40 Å². The number of hydrogen-bond acceptors (Lipinski definition) is 6. The number of rotatable bonds is 6. The minimum atomic E-state index is -3.40. The van der Waals surface area contributed by atoms with E-state index in [-0.39, 0.29) is 11.7 Å². The highest BCUT2D eigenvalue weighted by atomic mass is 32.2. The first-order valence-corrected chi connectivity index (χ1v) is 12.9. The second-order valence-electron chi connectivity index (χ2n) is 7.70. The molecule has 9 heteroatoms. The number of carbonyl (C=O) groups excluding carboxylic acids is 1. The molecule has 2 heterocycles. The molecule has 1 amide bonds. The highest BCUT2D eigenvalue weighted by Crippen LogP contribution is 2.42. The van der Waals surface area contributed by atoms with Gasteiger partial charge in [-0.2, -0.15) is 0 Å². The molecule has 2 aliphatic heterocycles. The minimum Gasteiger partial charge on any atom is -0.489 e. The molecule has 0 bridgehead atoms. The SMILES string of the molecule is O=C(NCc1ccc(COc2ccccc2)cc1)c1ccc2c(c1)SC1=NS(=O)(=O)CCN12. The van der Waals surface area contributed by atoms with E-state index in [1.165, 1.54) is 11.8 Å². The highest BCUT2D eigenvalue weighted by Gasteiger charge is 2.33. The quantitative estimate of drug-likeness (QED) is 0.579. The maximum atomic E-state index is 12.7. The van der Waals surface area contributed by atoms with E-state index in [1.54, 1.807) is 12.1 Å². The molecule has 168 valence electrons. The first-order chi connectivity index (χ1) is 16.0. The second kappa shape index (κ2) is 8.92. The summed E-state index contributed by atoms with van der Waals surface area (Å²) in [6.45, 7) is 1.26. The number of thioether (sulfide) groups is 1.